The van der Waals surface area contributed by atoms with Crippen LogP contribution in [-0.2, 0) is 4.74 Å². The summed E-state index contributed by atoms with van der Waals surface area (Å²) in [5, 5.41) is 25.4. The smallest absolute Gasteiger partial charge is 0.342 e. The maximum absolute atomic E-state index is 12.3. The number of nitrogens with zero attached hydrogens (tertiary/aromatic N) is 2. The third-order valence-electron chi connectivity index (χ3n) is 6.24. The largest absolute Gasteiger partial charge is 0.462 e. The number of carbonyl (C=O) groups excluding carboxylic acids is 1. The van der Waals surface area contributed by atoms with Crippen LogP contribution >= 0.6 is 11.6 Å². The van der Waals surface area contributed by atoms with Crippen LogP contribution in [0.25, 0.3) is 0 Å². The minimum atomic E-state index is -0.672. The number of nitro groups is 1. The van der Waals surface area contributed by atoms with Gasteiger partial charge in [-0.05, 0) is 56.8 Å². The van der Waals surface area contributed by atoms with Crippen molar-refractivity contribution in [1.29, 1.82) is 0 Å². The summed E-state index contributed by atoms with van der Waals surface area (Å²) in [6.45, 7) is 1.82. The van der Waals surface area contributed by atoms with Crippen LogP contribution in [0, 0.1) is 27.9 Å². The minimum Gasteiger partial charge on any atom is -0.462 e. The van der Waals surface area contributed by atoms with Crippen molar-refractivity contribution in [2.75, 3.05) is 11.9 Å². The maximum atomic E-state index is 12.3. The molecule has 9 heteroatoms. The summed E-state index contributed by atoms with van der Waals surface area (Å²) in [6, 6.07) is -0.0489. The average Bonchev–Trinajstić information content (AvgIpc) is 2.56. The lowest BCUT2D eigenvalue weighted by atomic mass is 9.52. The third kappa shape index (κ3) is 3.14. The Kier molecular flexibility index (Phi) is 4.50. The van der Waals surface area contributed by atoms with Crippen LogP contribution < -0.4 is 5.32 Å². The molecular formula is C18H22ClN3O5. The zero-order valence-corrected chi connectivity index (χ0v) is 15.7. The molecule has 4 bridgehead atoms. The summed E-state index contributed by atoms with van der Waals surface area (Å²) in [6.07, 6.45) is 5.40. The van der Waals surface area contributed by atoms with Crippen LogP contribution in [0.1, 0.15) is 49.4 Å². The summed E-state index contributed by atoms with van der Waals surface area (Å²) < 4.78 is 5.04. The Morgan fingerprint density at radius 3 is 2.67 bits per heavy atom. The number of halogens is 1. The van der Waals surface area contributed by atoms with Crippen molar-refractivity contribution in [2.24, 2.45) is 17.8 Å². The van der Waals surface area contributed by atoms with Gasteiger partial charge in [-0.15, -0.1) is 0 Å². The Hall–Kier alpha value is -1.93. The van der Waals surface area contributed by atoms with Gasteiger partial charge in [0.2, 0.25) is 5.15 Å². The molecule has 2 N–H and O–H groups in total. The van der Waals surface area contributed by atoms with Gasteiger partial charge >= 0.3 is 11.7 Å². The molecular weight excluding hydrogens is 374 g/mol. The summed E-state index contributed by atoms with van der Waals surface area (Å²) in [5.41, 5.74) is -0.932. The number of rotatable bonds is 5. The van der Waals surface area contributed by atoms with Crippen LogP contribution in [0.2, 0.25) is 5.15 Å². The van der Waals surface area contributed by atoms with Gasteiger partial charge in [-0.25, -0.2) is 9.78 Å². The highest BCUT2D eigenvalue weighted by molar-refractivity contribution is 6.32. The first-order chi connectivity index (χ1) is 12.8. The van der Waals surface area contributed by atoms with Gasteiger partial charge in [0.25, 0.3) is 0 Å². The summed E-state index contributed by atoms with van der Waals surface area (Å²) in [5.74, 6) is 0.256. The highest BCUT2D eigenvalue weighted by Gasteiger charge is 2.55. The maximum Gasteiger partial charge on any atom is 0.342 e. The number of hydrogen-bond donors (Lipinski definition) is 2. The molecule has 0 saturated heterocycles. The summed E-state index contributed by atoms with van der Waals surface area (Å²) in [4.78, 5) is 27.1. The van der Waals surface area contributed by atoms with Crippen molar-refractivity contribution >= 4 is 28.9 Å². The van der Waals surface area contributed by atoms with Crippen molar-refractivity contribution in [3.63, 3.8) is 0 Å². The molecule has 4 fully saturated rings. The zero-order valence-electron chi connectivity index (χ0n) is 15.0. The van der Waals surface area contributed by atoms with Crippen molar-refractivity contribution < 1.29 is 19.6 Å². The van der Waals surface area contributed by atoms with Gasteiger partial charge in [-0.2, -0.15) is 0 Å². The van der Waals surface area contributed by atoms with E-state index in [1.54, 1.807) is 6.92 Å². The Morgan fingerprint density at radius 2 is 2.11 bits per heavy atom. The molecule has 0 aromatic carbocycles. The molecule has 1 heterocycles. The van der Waals surface area contributed by atoms with E-state index in [-0.39, 0.29) is 40.9 Å². The van der Waals surface area contributed by atoms with E-state index in [9.17, 15) is 20.0 Å². The molecule has 2 atom stereocenters. The highest BCUT2D eigenvalue weighted by atomic mass is 35.5. The SMILES string of the molecule is CCOC(=O)c1cnc(Cl)c([N+](=O)[O-])c1NC1C2CC3CC1CC(O)(C3)C2. The van der Waals surface area contributed by atoms with Gasteiger partial charge in [0.05, 0.1) is 17.1 Å². The minimum absolute atomic E-state index is 0.0143. The molecule has 2 unspecified atom stereocenters. The van der Waals surface area contributed by atoms with E-state index in [0.29, 0.717) is 18.8 Å². The lowest BCUT2D eigenvalue weighted by molar-refractivity contribution is -0.384. The molecule has 0 amide bonds. The molecule has 0 aliphatic heterocycles. The van der Waals surface area contributed by atoms with E-state index >= 15 is 0 Å². The van der Waals surface area contributed by atoms with Crippen molar-refractivity contribution in [2.45, 2.75) is 50.7 Å². The summed E-state index contributed by atoms with van der Waals surface area (Å²) in [7, 11) is 0. The van der Waals surface area contributed by atoms with Gasteiger partial charge in [0, 0.05) is 12.2 Å². The van der Waals surface area contributed by atoms with Crippen LogP contribution in [0.15, 0.2) is 6.20 Å². The first-order valence-electron chi connectivity index (χ1n) is 9.30. The fourth-order valence-electron chi connectivity index (χ4n) is 5.54. The first kappa shape index (κ1) is 18.4. The highest BCUT2D eigenvalue weighted by Crippen LogP contribution is 2.56. The molecule has 4 aliphatic rings. The lowest BCUT2D eigenvalue weighted by Crippen LogP contribution is -2.59. The molecule has 4 saturated carbocycles. The second-order valence-corrected chi connectivity index (χ2v) is 8.39. The van der Waals surface area contributed by atoms with Crippen molar-refractivity contribution in [3.8, 4) is 0 Å². The molecule has 5 rings (SSSR count). The summed E-state index contributed by atoms with van der Waals surface area (Å²) >= 11 is 5.98. The molecule has 146 valence electrons. The Balaban J connectivity index is 1.71. The number of aliphatic hydroxyl groups is 1. The van der Waals surface area contributed by atoms with E-state index in [4.69, 9.17) is 16.3 Å². The predicted octanol–water partition coefficient (Wildman–Crippen LogP) is 3.17. The number of carbonyl (C=O) groups is 1. The van der Waals surface area contributed by atoms with Gasteiger partial charge in [0.1, 0.15) is 11.3 Å². The second kappa shape index (κ2) is 6.60. The molecule has 0 radical (unpaired) electrons. The van der Waals surface area contributed by atoms with E-state index in [0.717, 1.165) is 19.3 Å². The van der Waals surface area contributed by atoms with Crippen LogP contribution in [0.4, 0.5) is 11.4 Å². The number of hydrogen-bond acceptors (Lipinski definition) is 7. The van der Waals surface area contributed by atoms with E-state index in [1.165, 1.54) is 6.20 Å². The van der Waals surface area contributed by atoms with E-state index < -0.39 is 22.2 Å². The fourth-order valence-corrected chi connectivity index (χ4v) is 5.75. The number of nitrogens with one attached hydrogen (secondary N) is 1. The van der Waals surface area contributed by atoms with E-state index in [2.05, 4.69) is 10.3 Å². The average molecular weight is 396 g/mol. The van der Waals surface area contributed by atoms with Crippen molar-refractivity contribution in [1.82, 2.24) is 4.98 Å². The number of anilines is 1. The number of ether oxygens (including phenoxy) is 1. The normalized spacial score (nSPS) is 33.7. The second-order valence-electron chi connectivity index (χ2n) is 8.03. The van der Waals surface area contributed by atoms with Crippen molar-refractivity contribution in [3.05, 3.63) is 27.0 Å². The van der Waals surface area contributed by atoms with Gasteiger partial charge in [-0.1, -0.05) is 11.6 Å². The van der Waals surface area contributed by atoms with Gasteiger partial charge < -0.3 is 15.2 Å². The van der Waals surface area contributed by atoms with Crippen LogP contribution in [0.3, 0.4) is 0 Å². The Bertz CT molecular complexity index is 785. The Morgan fingerprint density at radius 1 is 1.44 bits per heavy atom. The number of esters is 1. The standard InChI is InChI=1S/C18H22ClN3O5/c1-2-27-17(23)12-8-20-16(19)15(22(25)26)14(12)21-13-10-3-9-4-11(13)7-18(24,5-9)6-10/h8-11,13,24H,2-7H2,1H3,(H,20,21). The molecule has 1 aromatic rings. The van der Waals surface area contributed by atoms with Crippen LogP contribution in [0.5, 0.6) is 0 Å². The third-order valence-corrected chi connectivity index (χ3v) is 6.51. The zero-order chi connectivity index (χ0) is 19.3. The van der Waals surface area contributed by atoms with Gasteiger partial charge in [0.15, 0.2) is 0 Å². The molecule has 8 nitrogen and oxygen atoms in total. The fraction of sp³-hybridized carbons (Fsp3) is 0.667. The topological polar surface area (TPSA) is 115 Å². The molecule has 1 aromatic heterocycles. The predicted molar refractivity (Wildman–Crippen MR) is 97.8 cm³/mol. The molecule has 0 spiro atoms. The monoisotopic (exact) mass is 395 g/mol. The molecule has 4 aliphatic carbocycles. The number of pyridine rings is 1. The van der Waals surface area contributed by atoms with Gasteiger partial charge in [-0.3, -0.25) is 10.1 Å². The molecule has 27 heavy (non-hydrogen) atoms. The first-order valence-corrected chi connectivity index (χ1v) is 9.68. The Labute approximate surface area is 161 Å². The number of aromatic nitrogens is 1. The van der Waals surface area contributed by atoms with Crippen LogP contribution in [-0.4, -0.2) is 39.2 Å². The quantitative estimate of drug-likeness (QED) is 0.340. The van der Waals surface area contributed by atoms with E-state index in [1.807, 2.05) is 0 Å². The lowest BCUT2D eigenvalue weighted by Gasteiger charge is -2.58.